The summed E-state index contributed by atoms with van der Waals surface area (Å²) in [5.74, 6) is 0.589. The molecule has 0 saturated carbocycles. The summed E-state index contributed by atoms with van der Waals surface area (Å²) in [6.45, 7) is 2.78. The molecule has 25 heavy (non-hydrogen) atoms. The van der Waals surface area contributed by atoms with Gasteiger partial charge in [-0.25, -0.2) is 0 Å². The van der Waals surface area contributed by atoms with Gasteiger partial charge in [0.05, 0.1) is 17.9 Å². The van der Waals surface area contributed by atoms with Crippen LogP contribution < -0.4 is 10.3 Å². The van der Waals surface area contributed by atoms with Gasteiger partial charge in [0.1, 0.15) is 11.4 Å². The van der Waals surface area contributed by atoms with Crippen LogP contribution in [-0.4, -0.2) is 45.3 Å². The lowest BCUT2D eigenvalue weighted by atomic mass is 10.2. The number of rotatable bonds is 6. The number of nitrogens with zero attached hydrogens (tertiary/aromatic N) is 3. The van der Waals surface area contributed by atoms with Crippen LogP contribution in [0, 0.1) is 6.92 Å². The topological polar surface area (TPSA) is 82.9 Å². The third-order valence-corrected chi connectivity index (χ3v) is 4.00. The van der Waals surface area contributed by atoms with Crippen molar-refractivity contribution in [3.63, 3.8) is 0 Å². The Hall–Kier alpha value is -2.80. The molecule has 2 heterocycles. The van der Waals surface area contributed by atoms with Gasteiger partial charge in [0.15, 0.2) is 0 Å². The summed E-state index contributed by atoms with van der Waals surface area (Å²) in [4.78, 5) is 17.3. The normalized spacial score (nSPS) is 11.4. The lowest BCUT2D eigenvalue weighted by molar-refractivity contribution is 0.317. The van der Waals surface area contributed by atoms with E-state index >= 15 is 0 Å². The number of aryl methyl sites for hydroxylation is 1. The standard InChI is InChI=1S/C18H22N4O3/c1-12-15(11-21(2)3)16-19-17(23)14(18(24)22(16)20-12)9-10-25-13-7-5-4-6-8-13/h4-8,24H,9-11H2,1-3H3,(H,19,23). The largest absolute Gasteiger partial charge is 0.493 e. The highest BCUT2D eigenvalue weighted by Gasteiger charge is 2.18. The Morgan fingerprint density at radius 2 is 1.96 bits per heavy atom. The molecule has 0 saturated heterocycles. The highest BCUT2D eigenvalue weighted by atomic mass is 16.5. The second-order valence-electron chi connectivity index (χ2n) is 6.23. The van der Waals surface area contributed by atoms with Crippen LogP contribution >= 0.6 is 0 Å². The van der Waals surface area contributed by atoms with Crippen LogP contribution in [0.3, 0.4) is 0 Å². The predicted octanol–water partition coefficient (Wildman–Crippen LogP) is 1.72. The smallest absolute Gasteiger partial charge is 0.258 e. The zero-order valence-corrected chi connectivity index (χ0v) is 14.6. The molecule has 0 atom stereocenters. The number of aromatic amines is 1. The van der Waals surface area contributed by atoms with E-state index in [0.717, 1.165) is 17.0 Å². The molecule has 2 N–H and O–H groups in total. The lowest BCUT2D eigenvalue weighted by Gasteiger charge is -2.10. The molecule has 0 aliphatic heterocycles. The van der Waals surface area contributed by atoms with Crippen LogP contribution in [0.25, 0.3) is 5.65 Å². The van der Waals surface area contributed by atoms with Gasteiger partial charge < -0.3 is 19.7 Å². The Kier molecular flexibility index (Phi) is 4.76. The van der Waals surface area contributed by atoms with Gasteiger partial charge in [-0.15, -0.1) is 0 Å². The van der Waals surface area contributed by atoms with Crippen molar-refractivity contribution in [2.24, 2.45) is 0 Å². The van der Waals surface area contributed by atoms with E-state index < -0.39 is 0 Å². The summed E-state index contributed by atoms with van der Waals surface area (Å²) in [5, 5.41) is 14.9. The molecule has 0 aliphatic carbocycles. The Bertz CT molecular complexity index is 929. The molecule has 7 nitrogen and oxygen atoms in total. The van der Waals surface area contributed by atoms with E-state index in [0.29, 0.717) is 12.2 Å². The van der Waals surface area contributed by atoms with Gasteiger partial charge in [0.25, 0.3) is 5.56 Å². The average molecular weight is 342 g/mol. The number of hydrogen-bond donors (Lipinski definition) is 2. The first-order valence-corrected chi connectivity index (χ1v) is 8.12. The Labute approximate surface area is 145 Å². The number of fused-ring (bicyclic) bond motifs is 1. The molecule has 3 aromatic rings. The van der Waals surface area contributed by atoms with Crippen LogP contribution in [-0.2, 0) is 13.0 Å². The number of ether oxygens (including phenoxy) is 1. The van der Waals surface area contributed by atoms with Crippen LogP contribution in [0.4, 0.5) is 0 Å². The van der Waals surface area contributed by atoms with Crippen LogP contribution in [0.5, 0.6) is 11.6 Å². The summed E-state index contributed by atoms with van der Waals surface area (Å²) in [6.07, 6.45) is 0.286. The fraction of sp³-hybridized carbons (Fsp3) is 0.333. The number of aromatic hydroxyl groups is 1. The second-order valence-corrected chi connectivity index (χ2v) is 6.23. The minimum atomic E-state index is -0.318. The molecule has 7 heteroatoms. The van der Waals surface area contributed by atoms with Gasteiger partial charge in [0, 0.05) is 18.5 Å². The van der Waals surface area contributed by atoms with E-state index in [1.807, 2.05) is 56.3 Å². The van der Waals surface area contributed by atoms with Crippen molar-refractivity contribution in [1.82, 2.24) is 19.5 Å². The summed E-state index contributed by atoms with van der Waals surface area (Å²) >= 11 is 0. The third kappa shape index (κ3) is 3.51. The van der Waals surface area contributed by atoms with Crippen molar-refractivity contribution < 1.29 is 9.84 Å². The highest BCUT2D eigenvalue weighted by Crippen LogP contribution is 2.21. The molecule has 0 radical (unpaired) electrons. The van der Waals surface area contributed by atoms with Gasteiger partial charge in [-0.2, -0.15) is 9.61 Å². The van der Waals surface area contributed by atoms with Crippen molar-refractivity contribution >= 4 is 5.65 Å². The molecule has 0 aliphatic rings. The average Bonchev–Trinajstić information content (AvgIpc) is 2.88. The van der Waals surface area contributed by atoms with Gasteiger partial charge in [-0.05, 0) is 33.2 Å². The minimum Gasteiger partial charge on any atom is -0.493 e. The van der Waals surface area contributed by atoms with Gasteiger partial charge >= 0.3 is 0 Å². The van der Waals surface area contributed by atoms with Crippen molar-refractivity contribution in [2.45, 2.75) is 19.9 Å². The molecule has 0 spiro atoms. The Morgan fingerprint density at radius 3 is 2.64 bits per heavy atom. The molecule has 0 unspecified atom stereocenters. The first-order chi connectivity index (χ1) is 12.0. The second kappa shape index (κ2) is 6.98. The van der Waals surface area contributed by atoms with Crippen molar-refractivity contribution in [3.05, 3.63) is 57.5 Å². The SMILES string of the molecule is Cc1nn2c(O)c(CCOc3ccccc3)c(=O)[nH]c2c1CN(C)C. The van der Waals surface area contributed by atoms with Gasteiger partial charge in [0.2, 0.25) is 5.88 Å². The maximum atomic E-state index is 12.4. The zero-order chi connectivity index (χ0) is 18.0. The van der Waals surface area contributed by atoms with Crippen LogP contribution in [0.2, 0.25) is 0 Å². The van der Waals surface area contributed by atoms with Crippen LogP contribution in [0.15, 0.2) is 35.1 Å². The summed E-state index contributed by atoms with van der Waals surface area (Å²) in [5.41, 5.74) is 2.15. The van der Waals surface area contributed by atoms with Crippen LogP contribution in [0.1, 0.15) is 16.8 Å². The van der Waals surface area contributed by atoms with E-state index in [-0.39, 0.29) is 30.0 Å². The van der Waals surface area contributed by atoms with E-state index in [9.17, 15) is 9.90 Å². The van der Waals surface area contributed by atoms with E-state index in [1.165, 1.54) is 4.52 Å². The molecule has 0 bridgehead atoms. The molecule has 0 fully saturated rings. The maximum Gasteiger partial charge on any atom is 0.258 e. The van der Waals surface area contributed by atoms with Crippen molar-refractivity contribution in [1.29, 1.82) is 0 Å². The fourth-order valence-electron chi connectivity index (χ4n) is 2.77. The molecule has 0 amide bonds. The summed E-state index contributed by atoms with van der Waals surface area (Å²) < 4.78 is 7.01. The Balaban J connectivity index is 1.88. The number of benzene rings is 1. The van der Waals surface area contributed by atoms with E-state index in [4.69, 9.17) is 4.74 Å². The van der Waals surface area contributed by atoms with Gasteiger partial charge in [-0.1, -0.05) is 18.2 Å². The predicted molar refractivity (Wildman–Crippen MR) is 95.2 cm³/mol. The quantitative estimate of drug-likeness (QED) is 0.713. The zero-order valence-electron chi connectivity index (χ0n) is 14.6. The fourth-order valence-corrected chi connectivity index (χ4v) is 2.77. The highest BCUT2D eigenvalue weighted by molar-refractivity contribution is 5.52. The number of nitrogens with one attached hydrogen (secondary N) is 1. The molecular formula is C18H22N4O3. The van der Waals surface area contributed by atoms with Gasteiger partial charge in [-0.3, -0.25) is 4.79 Å². The Morgan fingerprint density at radius 1 is 1.24 bits per heavy atom. The lowest BCUT2D eigenvalue weighted by Crippen LogP contribution is -2.19. The molecular weight excluding hydrogens is 320 g/mol. The van der Waals surface area contributed by atoms with Crippen molar-refractivity contribution in [3.8, 4) is 11.6 Å². The molecule has 132 valence electrons. The number of aromatic nitrogens is 3. The monoisotopic (exact) mass is 342 g/mol. The summed E-state index contributed by atoms with van der Waals surface area (Å²) in [6, 6.07) is 9.35. The molecule has 1 aromatic carbocycles. The minimum absolute atomic E-state index is 0.136. The number of H-pyrrole nitrogens is 1. The first kappa shape index (κ1) is 17.0. The van der Waals surface area contributed by atoms with Crippen molar-refractivity contribution in [2.75, 3.05) is 20.7 Å². The van der Waals surface area contributed by atoms with E-state index in [2.05, 4.69) is 10.1 Å². The molecule has 2 aromatic heterocycles. The third-order valence-electron chi connectivity index (χ3n) is 4.00. The first-order valence-electron chi connectivity index (χ1n) is 8.12. The summed E-state index contributed by atoms with van der Waals surface area (Å²) in [7, 11) is 3.88. The molecule has 3 rings (SSSR count). The number of hydrogen-bond acceptors (Lipinski definition) is 5. The van der Waals surface area contributed by atoms with E-state index in [1.54, 1.807) is 0 Å². The maximum absolute atomic E-state index is 12.4. The number of para-hydroxylation sites is 1.